The largest absolute Gasteiger partial charge is 0.497 e. The van der Waals surface area contributed by atoms with Crippen LogP contribution in [0.25, 0.3) is 0 Å². The standard InChI is InChI=1S/C23H25N3O6/c1-30-17-6-4-16(5-7-17)26-22(28)18(24-23(26)29)12-21(27)25-9-8-14-10-19(31-2)20(32-3)11-15(14)13-25/h4-7,10-11,18H,8-9,12-13H2,1-3H3,(H,24,29)/t18-/m0/s1. The number of benzene rings is 2. The quantitative estimate of drug-likeness (QED) is 0.693. The third-order valence-electron chi connectivity index (χ3n) is 5.80. The first-order valence-electron chi connectivity index (χ1n) is 10.2. The fourth-order valence-corrected chi connectivity index (χ4v) is 4.05. The number of rotatable bonds is 6. The number of hydrogen-bond donors (Lipinski definition) is 1. The van der Waals surface area contributed by atoms with Gasteiger partial charge in [0.05, 0.1) is 33.4 Å². The topological polar surface area (TPSA) is 97.4 Å². The Bertz CT molecular complexity index is 1050. The second kappa shape index (κ2) is 8.78. The van der Waals surface area contributed by atoms with Crippen LogP contribution >= 0.6 is 0 Å². The molecule has 2 aromatic rings. The molecular formula is C23H25N3O6. The molecule has 2 aromatic carbocycles. The van der Waals surface area contributed by atoms with E-state index < -0.39 is 18.0 Å². The highest BCUT2D eigenvalue weighted by molar-refractivity contribution is 6.22. The normalized spacial score (nSPS) is 17.7. The highest BCUT2D eigenvalue weighted by Crippen LogP contribution is 2.33. The van der Waals surface area contributed by atoms with Crippen LogP contribution < -0.4 is 24.4 Å². The van der Waals surface area contributed by atoms with E-state index in [2.05, 4.69) is 5.32 Å². The first kappa shape index (κ1) is 21.5. The summed E-state index contributed by atoms with van der Waals surface area (Å²) in [7, 11) is 4.69. The van der Waals surface area contributed by atoms with E-state index >= 15 is 0 Å². The van der Waals surface area contributed by atoms with Crippen molar-refractivity contribution >= 4 is 23.5 Å². The molecule has 1 saturated heterocycles. The van der Waals surface area contributed by atoms with Crippen molar-refractivity contribution in [1.29, 1.82) is 0 Å². The van der Waals surface area contributed by atoms with E-state index in [-0.39, 0.29) is 12.3 Å². The average molecular weight is 439 g/mol. The van der Waals surface area contributed by atoms with E-state index in [4.69, 9.17) is 14.2 Å². The molecule has 1 atom stereocenters. The molecule has 0 radical (unpaired) electrons. The van der Waals surface area contributed by atoms with Crippen LogP contribution in [-0.2, 0) is 22.6 Å². The third kappa shape index (κ3) is 3.93. The molecular weight excluding hydrogens is 414 g/mol. The highest BCUT2D eigenvalue weighted by atomic mass is 16.5. The second-order valence-corrected chi connectivity index (χ2v) is 7.62. The lowest BCUT2D eigenvalue weighted by Crippen LogP contribution is -2.41. The lowest BCUT2D eigenvalue weighted by Gasteiger charge is -2.30. The van der Waals surface area contributed by atoms with Crippen LogP contribution in [0.3, 0.4) is 0 Å². The van der Waals surface area contributed by atoms with Crippen molar-refractivity contribution in [3.05, 3.63) is 47.5 Å². The van der Waals surface area contributed by atoms with Gasteiger partial charge in [-0.25, -0.2) is 9.69 Å². The molecule has 9 heteroatoms. The first-order valence-corrected chi connectivity index (χ1v) is 10.2. The number of urea groups is 1. The van der Waals surface area contributed by atoms with Gasteiger partial charge < -0.3 is 24.4 Å². The van der Waals surface area contributed by atoms with E-state index in [1.54, 1.807) is 43.4 Å². The molecule has 9 nitrogen and oxygen atoms in total. The third-order valence-corrected chi connectivity index (χ3v) is 5.80. The molecule has 0 saturated carbocycles. The van der Waals surface area contributed by atoms with Gasteiger partial charge in [-0.05, 0) is 53.9 Å². The van der Waals surface area contributed by atoms with Gasteiger partial charge in [-0.1, -0.05) is 0 Å². The highest BCUT2D eigenvalue weighted by Gasteiger charge is 2.41. The fourth-order valence-electron chi connectivity index (χ4n) is 4.05. The zero-order chi connectivity index (χ0) is 22.8. The summed E-state index contributed by atoms with van der Waals surface area (Å²) < 4.78 is 15.8. The molecule has 4 rings (SSSR count). The summed E-state index contributed by atoms with van der Waals surface area (Å²) >= 11 is 0. The van der Waals surface area contributed by atoms with Crippen molar-refractivity contribution in [2.75, 3.05) is 32.8 Å². The van der Waals surface area contributed by atoms with Crippen LogP contribution in [-0.4, -0.2) is 56.7 Å². The Morgan fingerprint density at radius 3 is 2.28 bits per heavy atom. The number of amides is 4. The summed E-state index contributed by atoms with van der Waals surface area (Å²) in [6.07, 6.45) is 0.574. The Labute approximate surface area is 185 Å². The lowest BCUT2D eigenvalue weighted by atomic mass is 9.98. The van der Waals surface area contributed by atoms with Crippen LogP contribution in [0, 0.1) is 0 Å². The zero-order valence-corrected chi connectivity index (χ0v) is 18.2. The van der Waals surface area contributed by atoms with Crippen molar-refractivity contribution in [2.45, 2.75) is 25.4 Å². The Kier molecular flexibility index (Phi) is 5.89. The van der Waals surface area contributed by atoms with Crippen LogP contribution in [0.5, 0.6) is 17.2 Å². The monoisotopic (exact) mass is 439 g/mol. The predicted molar refractivity (Wildman–Crippen MR) is 116 cm³/mol. The van der Waals surface area contributed by atoms with Crippen molar-refractivity contribution in [3.8, 4) is 17.2 Å². The maximum atomic E-state index is 13.0. The van der Waals surface area contributed by atoms with Gasteiger partial charge in [0.15, 0.2) is 11.5 Å². The summed E-state index contributed by atoms with van der Waals surface area (Å²) in [5.74, 6) is 1.24. The minimum atomic E-state index is -0.899. The summed E-state index contributed by atoms with van der Waals surface area (Å²) in [5, 5.41) is 2.63. The molecule has 1 N–H and O–H groups in total. The fraction of sp³-hybridized carbons (Fsp3) is 0.348. The van der Waals surface area contributed by atoms with Gasteiger partial charge in [0, 0.05) is 13.1 Å². The Balaban J connectivity index is 1.44. The molecule has 4 amide bonds. The number of nitrogens with zero attached hydrogens (tertiary/aromatic N) is 2. The number of fused-ring (bicyclic) bond motifs is 1. The molecule has 2 aliphatic heterocycles. The van der Waals surface area contributed by atoms with Crippen LogP contribution in [0.4, 0.5) is 10.5 Å². The van der Waals surface area contributed by atoms with Gasteiger partial charge in [0.25, 0.3) is 5.91 Å². The van der Waals surface area contributed by atoms with Gasteiger partial charge >= 0.3 is 6.03 Å². The molecule has 0 spiro atoms. The SMILES string of the molecule is COc1ccc(N2C(=O)N[C@@H](CC(=O)N3CCc4cc(OC)c(OC)cc4C3)C2=O)cc1. The Hall–Kier alpha value is -3.75. The summed E-state index contributed by atoms with van der Waals surface area (Å²) in [5.41, 5.74) is 2.50. The van der Waals surface area contributed by atoms with E-state index in [1.807, 2.05) is 12.1 Å². The molecule has 0 unspecified atom stereocenters. The van der Waals surface area contributed by atoms with Crippen LogP contribution in [0.15, 0.2) is 36.4 Å². The lowest BCUT2D eigenvalue weighted by molar-refractivity contribution is -0.134. The van der Waals surface area contributed by atoms with Crippen LogP contribution in [0.2, 0.25) is 0 Å². The molecule has 1 fully saturated rings. The minimum Gasteiger partial charge on any atom is -0.497 e. The number of anilines is 1. The molecule has 0 bridgehead atoms. The minimum absolute atomic E-state index is 0.0974. The predicted octanol–water partition coefficient (Wildman–Crippen LogP) is 2.11. The number of carbonyl (C=O) groups is 3. The molecule has 0 aliphatic carbocycles. The molecule has 0 aromatic heterocycles. The number of methoxy groups -OCH3 is 3. The first-order chi connectivity index (χ1) is 15.4. The van der Waals surface area contributed by atoms with Crippen molar-refractivity contribution < 1.29 is 28.6 Å². The number of hydrogen-bond acceptors (Lipinski definition) is 6. The maximum Gasteiger partial charge on any atom is 0.329 e. The van der Waals surface area contributed by atoms with E-state index in [0.717, 1.165) is 16.0 Å². The van der Waals surface area contributed by atoms with Crippen molar-refractivity contribution in [1.82, 2.24) is 10.2 Å². The van der Waals surface area contributed by atoms with Crippen molar-refractivity contribution in [3.63, 3.8) is 0 Å². The summed E-state index contributed by atoms with van der Waals surface area (Å²) in [6, 6.07) is 8.96. The van der Waals surface area contributed by atoms with E-state index in [0.29, 0.717) is 42.4 Å². The number of carbonyl (C=O) groups excluding carboxylic acids is 3. The molecule has 2 aliphatic rings. The van der Waals surface area contributed by atoms with E-state index in [9.17, 15) is 14.4 Å². The summed E-state index contributed by atoms with van der Waals surface area (Å²) in [6.45, 7) is 0.934. The molecule has 2 heterocycles. The van der Waals surface area contributed by atoms with Crippen molar-refractivity contribution in [2.24, 2.45) is 0 Å². The number of ether oxygens (including phenoxy) is 3. The smallest absolute Gasteiger partial charge is 0.329 e. The second-order valence-electron chi connectivity index (χ2n) is 7.62. The summed E-state index contributed by atoms with van der Waals surface area (Å²) in [4.78, 5) is 41.0. The van der Waals surface area contributed by atoms with Gasteiger partial charge in [-0.15, -0.1) is 0 Å². The molecule has 32 heavy (non-hydrogen) atoms. The average Bonchev–Trinajstić information content (AvgIpc) is 3.10. The number of nitrogens with one attached hydrogen (secondary N) is 1. The van der Waals surface area contributed by atoms with Gasteiger partial charge in [0.1, 0.15) is 11.8 Å². The maximum absolute atomic E-state index is 13.0. The van der Waals surface area contributed by atoms with Gasteiger partial charge in [-0.3, -0.25) is 9.59 Å². The van der Waals surface area contributed by atoms with Crippen LogP contribution in [0.1, 0.15) is 17.5 Å². The van der Waals surface area contributed by atoms with Gasteiger partial charge in [-0.2, -0.15) is 0 Å². The molecule has 168 valence electrons. The number of imide groups is 1. The zero-order valence-electron chi connectivity index (χ0n) is 18.2. The van der Waals surface area contributed by atoms with E-state index in [1.165, 1.54) is 7.11 Å². The van der Waals surface area contributed by atoms with Gasteiger partial charge in [0.2, 0.25) is 5.91 Å². The Morgan fingerprint density at radius 2 is 1.66 bits per heavy atom. The Morgan fingerprint density at radius 1 is 1.00 bits per heavy atom.